The van der Waals surface area contributed by atoms with Gasteiger partial charge in [0.25, 0.3) is 11.8 Å². The number of nitrogens with zero attached hydrogens (tertiary/aromatic N) is 3. The number of carbonyl (C=O) groups excluding carboxylic acids is 2. The van der Waals surface area contributed by atoms with Gasteiger partial charge < -0.3 is 4.74 Å². The van der Waals surface area contributed by atoms with Crippen molar-refractivity contribution in [1.29, 1.82) is 5.26 Å². The smallest absolute Gasteiger partial charge is 0.276 e. The van der Waals surface area contributed by atoms with E-state index in [0.29, 0.717) is 22.0 Å². The number of benzene rings is 2. The minimum Gasteiger partial charge on any atom is -0.484 e. The Labute approximate surface area is 188 Å². The van der Waals surface area contributed by atoms with E-state index in [1.165, 1.54) is 4.68 Å². The Morgan fingerprint density at radius 2 is 1.84 bits per heavy atom. The van der Waals surface area contributed by atoms with Gasteiger partial charge in [-0.1, -0.05) is 41.4 Å². The van der Waals surface area contributed by atoms with E-state index in [9.17, 15) is 9.59 Å². The third kappa shape index (κ3) is 5.54. The summed E-state index contributed by atoms with van der Waals surface area (Å²) in [6.07, 6.45) is 0. The highest BCUT2D eigenvalue weighted by Crippen LogP contribution is 2.23. The van der Waals surface area contributed by atoms with Crippen LogP contribution in [-0.4, -0.2) is 28.2 Å². The quantitative estimate of drug-likeness (QED) is 0.552. The number of aryl methyl sites for hydroxylation is 1. The van der Waals surface area contributed by atoms with E-state index in [1.807, 2.05) is 24.3 Å². The largest absolute Gasteiger partial charge is 0.484 e. The van der Waals surface area contributed by atoms with E-state index >= 15 is 0 Å². The van der Waals surface area contributed by atoms with Crippen molar-refractivity contribution in [1.82, 2.24) is 20.6 Å². The fourth-order valence-electron chi connectivity index (χ4n) is 2.70. The fourth-order valence-corrected chi connectivity index (χ4v) is 3.22. The van der Waals surface area contributed by atoms with Crippen LogP contribution in [-0.2, 0) is 11.3 Å². The van der Waals surface area contributed by atoms with Crippen molar-refractivity contribution in [3.63, 3.8) is 0 Å². The molecule has 3 aromatic rings. The maximum absolute atomic E-state index is 12.5. The molecular formula is C21H17Cl2N5O3. The van der Waals surface area contributed by atoms with Crippen LogP contribution in [0, 0.1) is 18.3 Å². The fraction of sp³-hybridized carbons (Fsp3) is 0.143. The summed E-state index contributed by atoms with van der Waals surface area (Å²) in [5.74, 6) is -0.769. The molecule has 158 valence electrons. The minimum atomic E-state index is -0.611. The summed E-state index contributed by atoms with van der Waals surface area (Å²) in [6.45, 7) is 1.60. The molecule has 0 aliphatic rings. The van der Waals surface area contributed by atoms with Crippen LogP contribution in [0.15, 0.2) is 48.5 Å². The van der Waals surface area contributed by atoms with Crippen molar-refractivity contribution in [2.45, 2.75) is 13.5 Å². The second-order valence-corrected chi connectivity index (χ2v) is 7.19. The average Bonchev–Trinajstić information content (AvgIpc) is 3.05. The van der Waals surface area contributed by atoms with Crippen LogP contribution in [0.3, 0.4) is 0 Å². The number of hydrazine groups is 1. The molecule has 0 atom stereocenters. The Morgan fingerprint density at radius 1 is 1.13 bits per heavy atom. The molecule has 0 bridgehead atoms. The Morgan fingerprint density at radius 3 is 2.52 bits per heavy atom. The predicted molar refractivity (Wildman–Crippen MR) is 115 cm³/mol. The van der Waals surface area contributed by atoms with Gasteiger partial charge in [-0.25, -0.2) is 4.68 Å². The molecule has 8 nitrogen and oxygen atoms in total. The maximum atomic E-state index is 12.5. The molecule has 31 heavy (non-hydrogen) atoms. The lowest BCUT2D eigenvalue weighted by Gasteiger charge is -2.09. The molecule has 2 aromatic carbocycles. The predicted octanol–water partition coefficient (Wildman–Crippen LogP) is 3.26. The van der Waals surface area contributed by atoms with E-state index in [2.05, 4.69) is 16.0 Å². The molecule has 0 unspecified atom stereocenters. The number of hydrogen-bond donors (Lipinski definition) is 2. The summed E-state index contributed by atoms with van der Waals surface area (Å²) in [5, 5.41) is 13.7. The van der Waals surface area contributed by atoms with Crippen LogP contribution in [0.2, 0.25) is 10.2 Å². The first kappa shape index (κ1) is 22.2. The Hall–Kier alpha value is -3.54. The molecule has 0 radical (unpaired) electrons. The van der Waals surface area contributed by atoms with E-state index < -0.39 is 11.8 Å². The van der Waals surface area contributed by atoms with Gasteiger partial charge in [-0.3, -0.25) is 20.4 Å². The standard InChI is InChI=1S/C21H17Cl2N5O3/c1-13-19(20(23)28(27-13)11-15-4-2-3-5-17(15)22)21(30)26-25-18(29)12-31-16-8-6-14(10-24)7-9-16/h2-9H,11-12H2,1H3,(H,25,29)(H,26,30). The van der Waals surface area contributed by atoms with Crippen molar-refractivity contribution in [3.8, 4) is 11.8 Å². The summed E-state index contributed by atoms with van der Waals surface area (Å²) in [7, 11) is 0. The Balaban J connectivity index is 1.57. The lowest BCUT2D eigenvalue weighted by Crippen LogP contribution is -2.44. The summed E-state index contributed by atoms with van der Waals surface area (Å²) >= 11 is 12.5. The third-order valence-corrected chi connectivity index (χ3v) is 4.99. The molecule has 1 heterocycles. The van der Waals surface area contributed by atoms with Crippen molar-refractivity contribution in [2.75, 3.05) is 6.61 Å². The highest BCUT2D eigenvalue weighted by molar-refractivity contribution is 6.33. The normalized spacial score (nSPS) is 10.3. The summed E-state index contributed by atoms with van der Waals surface area (Å²) in [5.41, 5.74) is 6.38. The molecule has 1 aromatic heterocycles. The van der Waals surface area contributed by atoms with Gasteiger partial charge in [0.2, 0.25) is 0 Å². The number of nitriles is 1. The number of ether oxygens (including phenoxy) is 1. The van der Waals surface area contributed by atoms with Crippen LogP contribution < -0.4 is 15.6 Å². The lowest BCUT2D eigenvalue weighted by atomic mass is 10.2. The number of amides is 2. The van der Waals surface area contributed by atoms with E-state index in [1.54, 1.807) is 37.3 Å². The van der Waals surface area contributed by atoms with Crippen molar-refractivity contribution >= 4 is 35.0 Å². The van der Waals surface area contributed by atoms with E-state index in [4.69, 9.17) is 33.2 Å². The lowest BCUT2D eigenvalue weighted by molar-refractivity contribution is -0.123. The van der Waals surface area contributed by atoms with Gasteiger partial charge in [0.15, 0.2) is 6.61 Å². The number of halogens is 2. The first-order valence-electron chi connectivity index (χ1n) is 9.07. The van der Waals surface area contributed by atoms with Crippen LogP contribution >= 0.6 is 23.2 Å². The number of aromatic nitrogens is 2. The number of hydrogen-bond acceptors (Lipinski definition) is 5. The molecule has 0 saturated carbocycles. The Kier molecular flexibility index (Phi) is 7.13. The number of carbonyl (C=O) groups is 2. The zero-order valence-electron chi connectivity index (χ0n) is 16.4. The molecule has 0 fully saturated rings. The monoisotopic (exact) mass is 457 g/mol. The minimum absolute atomic E-state index is 0.123. The van der Waals surface area contributed by atoms with Gasteiger partial charge in [-0.15, -0.1) is 0 Å². The van der Waals surface area contributed by atoms with Crippen molar-refractivity contribution in [2.24, 2.45) is 0 Å². The number of nitrogens with one attached hydrogen (secondary N) is 2. The maximum Gasteiger partial charge on any atom is 0.276 e. The SMILES string of the molecule is Cc1nn(Cc2ccccc2Cl)c(Cl)c1C(=O)NNC(=O)COc1ccc(C#N)cc1. The highest BCUT2D eigenvalue weighted by Gasteiger charge is 2.21. The molecule has 10 heteroatoms. The van der Waals surface area contributed by atoms with Crippen LogP contribution in [0.1, 0.15) is 27.2 Å². The molecule has 3 rings (SSSR count). The van der Waals surface area contributed by atoms with Gasteiger partial charge in [-0.2, -0.15) is 10.4 Å². The van der Waals surface area contributed by atoms with Crippen LogP contribution in [0.4, 0.5) is 0 Å². The molecule has 2 amide bonds. The molecule has 0 spiro atoms. The first-order valence-corrected chi connectivity index (χ1v) is 9.83. The Bertz CT molecular complexity index is 1150. The van der Waals surface area contributed by atoms with Crippen LogP contribution in [0.25, 0.3) is 0 Å². The van der Waals surface area contributed by atoms with Crippen molar-refractivity contribution in [3.05, 3.63) is 81.1 Å². The molecule has 0 saturated heterocycles. The topological polar surface area (TPSA) is 109 Å². The summed E-state index contributed by atoms with van der Waals surface area (Å²) in [6, 6.07) is 15.5. The van der Waals surface area contributed by atoms with Gasteiger partial charge in [0.05, 0.1) is 23.9 Å². The van der Waals surface area contributed by atoms with E-state index in [-0.39, 0.29) is 23.9 Å². The zero-order chi connectivity index (χ0) is 22.4. The van der Waals surface area contributed by atoms with Crippen molar-refractivity contribution < 1.29 is 14.3 Å². The van der Waals surface area contributed by atoms with Crippen LogP contribution in [0.5, 0.6) is 5.75 Å². The van der Waals surface area contributed by atoms with Gasteiger partial charge >= 0.3 is 0 Å². The second kappa shape index (κ2) is 9.98. The zero-order valence-corrected chi connectivity index (χ0v) is 17.9. The number of rotatable bonds is 6. The molecule has 0 aliphatic heterocycles. The second-order valence-electron chi connectivity index (χ2n) is 6.43. The molecular weight excluding hydrogens is 441 g/mol. The van der Waals surface area contributed by atoms with Gasteiger partial charge in [-0.05, 0) is 42.8 Å². The van der Waals surface area contributed by atoms with Gasteiger partial charge in [0.1, 0.15) is 16.5 Å². The average molecular weight is 458 g/mol. The van der Waals surface area contributed by atoms with Gasteiger partial charge in [0, 0.05) is 5.02 Å². The summed E-state index contributed by atoms with van der Waals surface area (Å²) in [4.78, 5) is 24.5. The first-order chi connectivity index (χ1) is 14.9. The summed E-state index contributed by atoms with van der Waals surface area (Å²) < 4.78 is 6.77. The van der Waals surface area contributed by atoms with E-state index in [0.717, 1.165) is 5.56 Å². The molecule has 2 N–H and O–H groups in total. The molecule has 0 aliphatic carbocycles. The third-order valence-electron chi connectivity index (χ3n) is 4.24. The highest BCUT2D eigenvalue weighted by atomic mass is 35.5.